The van der Waals surface area contributed by atoms with Gasteiger partial charge in [-0.3, -0.25) is 14.4 Å². The summed E-state index contributed by atoms with van der Waals surface area (Å²) in [6.07, 6.45) is 1.96. The molecule has 180 valence electrons. The SMILES string of the molecule is COc1cc(C)[nH]c(=O)c1CCC(=O)c1c(C)n([C@H](C)C2CCN(C)C(=O)C2)c2ccccc12. The summed E-state index contributed by atoms with van der Waals surface area (Å²) in [7, 11) is 3.39. The average molecular weight is 464 g/mol. The summed E-state index contributed by atoms with van der Waals surface area (Å²) in [6, 6.07) is 9.82. The largest absolute Gasteiger partial charge is 0.496 e. The molecule has 1 aliphatic rings. The van der Waals surface area contributed by atoms with Crippen molar-refractivity contribution < 1.29 is 14.3 Å². The van der Waals surface area contributed by atoms with Crippen molar-refractivity contribution in [2.75, 3.05) is 20.7 Å². The molecule has 0 aliphatic carbocycles. The smallest absolute Gasteiger partial charge is 0.255 e. The standard InChI is InChI=1S/C27H33N3O4/c1-16-14-24(34-5)21(27(33)28-16)10-11-23(31)26-18(3)30(22-9-7-6-8-20(22)26)17(2)19-12-13-29(4)25(32)15-19/h6-9,14,17,19H,10-13,15H2,1-5H3,(H,28,33)/t17-,19?/m1/s1. The number of para-hydroxylation sites is 1. The summed E-state index contributed by atoms with van der Waals surface area (Å²) < 4.78 is 7.62. The molecule has 7 heteroatoms. The monoisotopic (exact) mass is 463 g/mol. The van der Waals surface area contributed by atoms with Crippen molar-refractivity contribution in [2.45, 2.75) is 52.5 Å². The molecule has 1 saturated heterocycles. The maximum absolute atomic E-state index is 13.5. The van der Waals surface area contributed by atoms with Gasteiger partial charge in [0.25, 0.3) is 5.56 Å². The first-order valence-electron chi connectivity index (χ1n) is 11.9. The molecule has 1 N–H and O–H groups in total. The molecule has 2 atom stereocenters. The molecule has 1 amide bonds. The molecule has 7 nitrogen and oxygen atoms in total. The van der Waals surface area contributed by atoms with Gasteiger partial charge in [-0.05, 0) is 51.7 Å². The number of hydrogen-bond donors (Lipinski definition) is 1. The zero-order chi connectivity index (χ0) is 24.6. The average Bonchev–Trinajstić information content (AvgIpc) is 3.10. The molecular formula is C27H33N3O4. The van der Waals surface area contributed by atoms with Crippen LogP contribution in [0, 0.1) is 19.8 Å². The quantitative estimate of drug-likeness (QED) is 0.532. The lowest BCUT2D eigenvalue weighted by Gasteiger charge is -2.34. The normalized spacial score (nSPS) is 17.3. The van der Waals surface area contributed by atoms with Gasteiger partial charge in [0, 0.05) is 60.3 Å². The third-order valence-electron chi connectivity index (χ3n) is 7.27. The summed E-state index contributed by atoms with van der Waals surface area (Å²) in [6.45, 7) is 6.69. The van der Waals surface area contributed by atoms with Crippen LogP contribution in [0.15, 0.2) is 35.1 Å². The number of Topliss-reactive ketones (excluding diaryl/α,β-unsaturated/α-hetero) is 1. The van der Waals surface area contributed by atoms with Gasteiger partial charge in [-0.15, -0.1) is 0 Å². The van der Waals surface area contributed by atoms with E-state index in [0.717, 1.165) is 35.3 Å². The number of carbonyl (C=O) groups excluding carboxylic acids is 2. The number of ketones is 1. The number of ether oxygens (including phenoxy) is 1. The third kappa shape index (κ3) is 4.27. The summed E-state index contributed by atoms with van der Waals surface area (Å²) in [5.74, 6) is 0.900. The number of likely N-dealkylation sites (tertiary alicyclic amines) is 1. The van der Waals surface area contributed by atoms with Crippen molar-refractivity contribution in [2.24, 2.45) is 5.92 Å². The summed E-state index contributed by atoms with van der Waals surface area (Å²) >= 11 is 0. The van der Waals surface area contributed by atoms with Gasteiger partial charge >= 0.3 is 0 Å². The Morgan fingerprint density at radius 2 is 1.97 bits per heavy atom. The number of piperidine rings is 1. The van der Waals surface area contributed by atoms with Crippen LogP contribution in [0.3, 0.4) is 0 Å². The van der Waals surface area contributed by atoms with Crippen molar-refractivity contribution >= 4 is 22.6 Å². The van der Waals surface area contributed by atoms with Gasteiger partial charge in [0.15, 0.2) is 5.78 Å². The Bertz CT molecular complexity index is 1300. The van der Waals surface area contributed by atoms with Crippen LogP contribution in [0.25, 0.3) is 10.9 Å². The second-order valence-electron chi connectivity index (χ2n) is 9.41. The molecule has 1 fully saturated rings. The maximum Gasteiger partial charge on any atom is 0.255 e. The minimum Gasteiger partial charge on any atom is -0.496 e. The topological polar surface area (TPSA) is 84.4 Å². The second-order valence-corrected chi connectivity index (χ2v) is 9.41. The first-order valence-corrected chi connectivity index (χ1v) is 11.9. The minimum absolute atomic E-state index is 0.00105. The summed E-state index contributed by atoms with van der Waals surface area (Å²) in [5.41, 5.74) is 3.61. The van der Waals surface area contributed by atoms with E-state index in [2.05, 4.69) is 16.5 Å². The Hall–Kier alpha value is -3.35. The number of fused-ring (bicyclic) bond motifs is 1. The Labute approximate surface area is 199 Å². The highest BCUT2D eigenvalue weighted by atomic mass is 16.5. The number of carbonyl (C=O) groups is 2. The van der Waals surface area contributed by atoms with Crippen LogP contribution < -0.4 is 10.3 Å². The zero-order valence-electron chi connectivity index (χ0n) is 20.6. The van der Waals surface area contributed by atoms with Gasteiger partial charge in [-0.25, -0.2) is 0 Å². The lowest BCUT2D eigenvalue weighted by molar-refractivity contribution is -0.134. The molecule has 0 radical (unpaired) electrons. The van der Waals surface area contributed by atoms with Crippen LogP contribution in [0.4, 0.5) is 0 Å². The number of pyridine rings is 1. The fourth-order valence-corrected chi connectivity index (χ4v) is 5.33. The van der Waals surface area contributed by atoms with Gasteiger partial charge in [-0.1, -0.05) is 18.2 Å². The van der Waals surface area contributed by atoms with Gasteiger partial charge in [-0.2, -0.15) is 0 Å². The third-order valence-corrected chi connectivity index (χ3v) is 7.27. The number of rotatable bonds is 7. The number of aromatic nitrogens is 2. The number of hydrogen-bond acceptors (Lipinski definition) is 4. The molecule has 3 heterocycles. The molecular weight excluding hydrogens is 430 g/mol. The van der Waals surface area contributed by atoms with Crippen LogP contribution in [-0.4, -0.2) is 46.8 Å². The van der Waals surface area contributed by atoms with Crippen molar-refractivity contribution in [3.63, 3.8) is 0 Å². The molecule has 0 saturated carbocycles. The van der Waals surface area contributed by atoms with E-state index < -0.39 is 0 Å². The van der Waals surface area contributed by atoms with E-state index in [1.54, 1.807) is 17.9 Å². The van der Waals surface area contributed by atoms with Crippen LogP contribution in [0.5, 0.6) is 5.75 Å². The Balaban J connectivity index is 1.67. The number of benzene rings is 1. The number of amides is 1. The van der Waals surface area contributed by atoms with E-state index in [1.165, 1.54) is 7.11 Å². The van der Waals surface area contributed by atoms with E-state index in [4.69, 9.17) is 4.74 Å². The first-order chi connectivity index (χ1) is 16.2. The molecule has 34 heavy (non-hydrogen) atoms. The number of H-pyrrole nitrogens is 1. The Morgan fingerprint density at radius 1 is 1.24 bits per heavy atom. The van der Waals surface area contributed by atoms with E-state index in [0.29, 0.717) is 29.7 Å². The summed E-state index contributed by atoms with van der Waals surface area (Å²) in [4.78, 5) is 42.9. The van der Waals surface area contributed by atoms with Crippen molar-refractivity contribution in [3.8, 4) is 5.75 Å². The zero-order valence-corrected chi connectivity index (χ0v) is 20.6. The second kappa shape index (κ2) is 9.49. The van der Waals surface area contributed by atoms with Crippen molar-refractivity contribution in [3.05, 3.63) is 63.2 Å². The van der Waals surface area contributed by atoms with Crippen molar-refractivity contribution in [1.29, 1.82) is 0 Å². The highest BCUT2D eigenvalue weighted by Gasteiger charge is 2.31. The minimum atomic E-state index is -0.218. The van der Waals surface area contributed by atoms with E-state index in [1.807, 2.05) is 38.2 Å². The van der Waals surface area contributed by atoms with Gasteiger partial charge in [0.1, 0.15) is 5.75 Å². The molecule has 0 bridgehead atoms. The van der Waals surface area contributed by atoms with E-state index >= 15 is 0 Å². The van der Waals surface area contributed by atoms with E-state index in [9.17, 15) is 14.4 Å². The number of aryl methyl sites for hydroxylation is 1. The fraction of sp³-hybridized carbons (Fsp3) is 0.444. The number of methoxy groups -OCH3 is 1. The first kappa shape index (κ1) is 23.8. The number of aromatic amines is 1. The molecule has 3 aromatic rings. The Morgan fingerprint density at radius 3 is 2.68 bits per heavy atom. The number of nitrogens with one attached hydrogen (secondary N) is 1. The molecule has 1 aliphatic heterocycles. The predicted octanol–water partition coefficient (Wildman–Crippen LogP) is 4.20. The van der Waals surface area contributed by atoms with Gasteiger partial charge in [0.05, 0.1) is 12.7 Å². The van der Waals surface area contributed by atoms with Crippen LogP contribution in [-0.2, 0) is 11.2 Å². The molecule has 0 spiro atoms. The predicted molar refractivity (Wildman–Crippen MR) is 133 cm³/mol. The molecule has 4 rings (SSSR count). The van der Waals surface area contributed by atoms with Crippen LogP contribution in [0.2, 0.25) is 0 Å². The maximum atomic E-state index is 13.5. The lowest BCUT2D eigenvalue weighted by atomic mass is 9.89. The fourth-order valence-electron chi connectivity index (χ4n) is 5.33. The van der Waals surface area contributed by atoms with Gasteiger partial charge < -0.3 is 19.2 Å². The van der Waals surface area contributed by atoms with E-state index in [-0.39, 0.29) is 35.6 Å². The van der Waals surface area contributed by atoms with Crippen LogP contribution in [0.1, 0.15) is 59.5 Å². The lowest BCUT2D eigenvalue weighted by Crippen LogP contribution is -2.38. The van der Waals surface area contributed by atoms with Crippen LogP contribution >= 0.6 is 0 Å². The summed E-state index contributed by atoms with van der Waals surface area (Å²) in [5, 5.41) is 0.917. The highest BCUT2D eigenvalue weighted by Crippen LogP contribution is 2.36. The van der Waals surface area contributed by atoms with Gasteiger partial charge in [0.2, 0.25) is 5.91 Å². The van der Waals surface area contributed by atoms with Crippen molar-refractivity contribution in [1.82, 2.24) is 14.5 Å². The molecule has 1 aromatic carbocycles. The Kier molecular flexibility index (Phi) is 6.64. The molecule has 1 unspecified atom stereocenters. The molecule has 2 aromatic heterocycles. The number of nitrogens with zero attached hydrogens (tertiary/aromatic N) is 2. The highest BCUT2D eigenvalue weighted by molar-refractivity contribution is 6.09.